The number of aliphatic hydroxyl groups excluding tert-OH is 1. The molecule has 0 unspecified atom stereocenters. The van der Waals surface area contributed by atoms with Crippen molar-refractivity contribution in [1.82, 2.24) is 19.7 Å². The Hall–Kier alpha value is -1.92. The molecular formula is C19H28N4O2. The van der Waals surface area contributed by atoms with E-state index in [1.165, 1.54) is 5.56 Å². The second kappa shape index (κ2) is 7.97. The molecule has 6 nitrogen and oxygen atoms in total. The first-order valence-corrected chi connectivity index (χ1v) is 9.01. The molecule has 1 saturated heterocycles. The number of aromatic nitrogens is 3. The summed E-state index contributed by atoms with van der Waals surface area (Å²) in [5.41, 5.74) is 1.20. The van der Waals surface area contributed by atoms with E-state index < -0.39 is 6.10 Å². The van der Waals surface area contributed by atoms with Gasteiger partial charge in [-0.05, 0) is 52.3 Å². The Bertz CT molecular complexity index is 683. The number of β-amino-alcohol motifs (C(OH)–C–C–N with tert-alkyl or cyclic N) is 1. The Kier molecular flexibility index (Phi) is 5.71. The van der Waals surface area contributed by atoms with Crippen LogP contribution in [0, 0.1) is 20.8 Å². The van der Waals surface area contributed by atoms with Gasteiger partial charge in [-0.3, -0.25) is 4.90 Å². The summed E-state index contributed by atoms with van der Waals surface area (Å²) in [5, 5.41) is 14.8. The number of likely N-dealkylation sites (tertiary alicyclic amines) is 1. The van der Waals surface area contributed by atoms with Crippen LogP contribution in [-0.4, -0.2) is 56.6 Å². The molecule has 25 heavy (non-hydrogen) atoms. The molecule has 0 radical (unpaired) electrons. The van der Waals surface area contributed by atoms with Gasteiger partial charge in [0.05, 0.1) is 6.54 Å². The molecule has 0 amide bonds. The minimum Gasteiger partial charge on any atom is -0.491 e. The van der Waals surface area contributed by atoms with Crippen LogP contribution in [0.3, 0.4) is 0 Å². The Morgan fingerprint density at radius 3 is 2.68 bits per heavy atom. The van der Waals surface area contributed by atoms with Crippen LogP contribution in [0.2, 0.25) is 0 Å². The molecule has 1 N–H and O–H groups in total. The third-order valence-electron chi connectivity index (χ3n) is 4.75. The highest BCUT2D eigenvalue weighted by atomic mass is 16.5. The van der Waals surface area contributed by atoms with E-state index in [9.17, 15) is 5.11 Å². The van der Waals surface area contributed by atoms with E-state index in [1.54, 1.807) is 0 Å². The molecule has 2 aromatic rings. The first-order valence-electron chi connectivity index (χ1n) is 9.01. The van der Waals surface area contributed by atoms with Crippen molar-refractivity contribution in [3.05, 3.63) is 41.5 Å². The predicted octanol–water partition coefficient (Wildman–Crippen LogP) is 2.11. The highest BCUT2D eigenvalue weighted by Gasteiger charge is 2.27. The largest absolute Gasteiger partial charge is 0.491 e. The summed E-state index contributed by atoms with van der Waals surface area (Å²) in [5.74, 6) is 2.57. The van der Waals surface area contributed by atoms with Crippen molar-refractivity contribution in [2.45, 2.75) is 52.3 Å². The fourth-order valence-electron chi connectivity index (χ4n) is 3.43. The molecule has 3 rings (SSSR count). The average molecular weight is 344 g/mol. The summed E-state index contributed by atoms with van der Waals surface area (Å²) in [7, 11) is 0. The maximum Gasteiger partial charge on any atom is 0.147 e. The molecular weight excluding hydrogens is 316 g/mol. The molecule has 2 atom stereocenters. The van der Waals surface area contributed by atoms with Gasteiger partial charge in [-0.25, -0.2) is 9.67 Å². The van der Waals surface area contributed by atoms with Crippen LogP contribution in [0.1, 0.15) is 30.1 Å². The lowest BCUT2D eigenvalue weighted by Crippen LogP contribution is -2.40. The van der Waals surface area contributed by atoms with E-state index in [2.05, 4.69) is 15.0 Å². The highest BCUT2D eigenvalue weighted by molar-refractivity contribution is 5.26. The Balaban J connectivity index is 1.50. The van der Waals surface area contributed by atoms with Gasteiger partial charge in [0.1, 0.15) is 30.1 Å². The summed E-state index contributed by atoms with van der Waals surface area (Å²) in [4.78, 5) is 6.72. The molecule has 1 aliphatic rings. The number of aliphatic hydroxyl groups is 1. The molecule has 0 aliphatic carbocycles. The molecule has 1 aromatic carbocycles. The minimum atomic E-state index is -0.500. The van der Waals surface area contributed by atoms with Crippen molar-refractivity contribution in [3.63, 3.8) is 0 Å². The summed E-state index contributed by atoms with van der Waals surface area (Å²) < 4.78 is 7.68. The third-order valence-corrected chi connectivity index (χ3v) is 4.75. The zero-order valence-corrected chi connectivity index (χ0v) is 15.4. The second-order valence-corrected chi connectivity index (χ2v) is 6.96. The Morgan fingerprint density at radius 2 is 2.00 bits per heavy atom. The van der Waals surface area contributed by atoms with Gasteiger partial charge in [0, 0.05) is 12.6 Å². The molecule has 2 heterocycles. The van der Waals surface area contributed by atoms with Crippen LogP contribution in [0.15, 0.2) is 24.3 Å². The topological polar surface area (TPSA) is 63.4 Å². The molecule has 0 saturated carbocycles. The summed E-state index contributed by atoms with van der Waals surface area (Å²) in [6, 6.07) is 8.31. The Morgan fingerprint density at radius 1 is 1.24 bits per heavy atom. The van der Waals surface area contributed by atoms with Crippen molar-refractivity contribution in [1.29, 1.82) is 0 Å². The van der Waals surface area contributed by atoms with Gasteiger partial charge >= 0.3 is 0 Å². The Labute approximate surface area is 149 Å². The van der Waals surface area contributed by atoms with E-state index in [4.69, 9.17) is 4.74 Å². The van der Waals surface area contributed by atoms with Crippen LogP contribution < -0.4 is 4.74 Å². The van der Waals surface area contributed by atoms with Gasteiger partial charge in [0.25, 0.3) is 0 Å². The summed E-state index contributed by atoms with van der Waals surface area (Å²) >= 11 is 0. The zero-order valence-electron chi connectivity index (χ0n) is 15.4. The van der Waals surface area contributed by atoms with Crippen molar-refractivity contribution in [2.24, 2.45) is 0 Å². The average Bonchev–Trinajstić information content (AvgIpc) is 3.13. The molecule has 6 heteroatoms. The lowest BCUT2D eigenvalue weighted by atomic mass is 10.2. The number of hydrogen-bond donors (Lipinski definition) is 1. The van der Waals surface area contributed by atoms with E-state index in [0.717, 1.165) is 43.3 Å². The zero-order chi connectivity index (χ0) is 17.8. The monoisotopic (exact) mass is 344 g/mol. The standard InChI is InChI=1S/C19H28N4O2/c1-14-6-8-19(9-7-14)25-13-18(24)12-22-10-4-5-17(22)11-23-16(3)20-15(2)21-23/h6-9,17-18,24H,4-5,10-13H2,1-3H3/t17-,18+/m0/s1. The van der Waals surface area contributed by atoms with Gasteiger partial charge < -0.3 is 9.84 Å². The predicted molar refractivity (Wildman–Crippen MR) is 96.8 cm³/mol. The van der Waals surface area contributed by atoms with Crippen LogP contribution in [0.4, 0.5) is 0 Å². The smallest absolute Gasteiger partial charge is 0.147 e. The molecule has 1 aromatic heterocycles. The lowest BCUT2D eigenvalue weighted by Gasteiger charge is -2.27. The summed E-state index contributed by atoms with van der Waals surface area (Å²) in [6.45, 7) is 8.74. The van der Waals surface area contributed by atoms with E-state index >= 15 is 0 Å². The molecule has 0 bridgehead atoms. The third kappa shape index (κ3) is 4.80. The van der Waals surface area contributed by atoms with Gasteiger partial charge in [0.15, 0.2) is 0 Å². The van der Waals surface area contributed by atoms with Crippen molar-refractivity contribution < 1.29 is 9.84 Å². The molecule has 0 spiro atoms. The number of ether oxygens (including phenoxy) is 1. The number of hydrogen-bond acceptors (Lipinski definition) is 5. The fraction of sp³-hybridized carbons (Fsp3) is 0.579. The van der Waals surface area contributed by atoms with Crippen LogP contribution in [0.5, 0.6) is 5.75 Å². The minimum absolute atomic E-state index is 0.313. The molecule has 136 valence electrons. The van der Waals surface area contributed by atoms with Gasteiger partial charge in [0.2, 0.25) is 0 Å². The maximum atomic E-state index is 10.4. The summed E-state index contributed by atoms with van der Waals surface area (Å²) in [6.07, 6.45) is 1.78. The van der Waals surface area contributed by atoms with Gasteiger partial charge in [-0.15, -0.1) is 0 Å². The number of benzene rings is 1. The van der Waals surface area contributed by atoms with Crippen LogP contribution in [-0.2, 0) is 6.54 Å². The van der Waals surface area contributed by atoms with Crippen LogP contribution >= 0.6 is 0 Å². The number of nitrogens with zero attached hydrogens (tertiary/aromatic N) is 4. The van der Waals surface area contributed by atoms with Gasteiger partial charge in [-0.1, -0.05) is 17.7 Å². The normalized spacial score (nSPS) is 19.3. The number of aryl methyl sites for hydroxylation is 3. The van der Waals surface area contributed by atoms with Gasteiger partial charge in [-0.2, -0.15) is 5.10 Å². The van der Waals surface area contributed by atoms with Crippen molar-refractivity contribution in [2.75, 3.05) is 19.7 Å². The van der Waals surface area contributed by atoms with E-state index in [0.29, 0.717) is 19.2 Å². The molecule has 1 aliphatic heterocycles. The maximum absolute atomic E-state index is 10.4. The first-order chi connectivity index (χ1) is 12.0. The van der Waals surface area contributed by atoms with E-state index in [-0.39, 0.29) is 0 Å². The SMILES string of the molecule is Cc1ccc(OC[C@H](O)CN2CCC[C@H]2Cn2nc(C)nc2C)cc1. The highest BCUT2D eigenvalue weighted by Crippen LogP contribution is 2.20. The quantitative estimate of drug-likeness (QED) is 0.833. The van der Waals surface area contributed by atoms with Crippen LogP contribution in [0.25, 0.3) is 0 Å². The lowest BCUT2D eigenvalue weighted by molar-refractivity contribution is 0.0608. The molecule has 1 fully saturated rings. The first kappa shape index (κ1) is 17.9. The van der Waals surface area contributed by atoms with E-state index in [1.807, 2.05) is 49.7 Å². The number of rotatable bonds is 7. The van der Waals surface area contributed by atoms with Crippen molar-refractivity contribution in [3.8, 4) is 5.75 Å². The van der Waals surface area contributed by atoms with Crippen molar-refractivity contribution >= 4 is 0 Å². The fourth-order valence-corrected chi connectivity index (χ4v) is 3.43. The second-order valence-electron chi connectivity index (χ2n) is 6.96.